The molecule has 6 nitrogen and oxygen atoms in total. The number of aromatic carboxylic acids is 1. The molecule has 1 aromatic rings. The Labute approximate surface area is 159 Å². The van der Waals surface area contributed by atoms with Gasteiger partial charge < -0.3 is 14.7 Å². The Bertz CT molecular complexity index is 760. The van der Waals surface area contributed by atoms with Crippen LogP contribution < -0.4 is 9.64 Å². The topological polar surface area (TPSA) is 70.1 Å². The highest BCUT2D eigenvalue weighted by atomic mass is 127. The average molecular weight is 488 g/mol. The maximum absolute atomic E-state index is 15.1. The largest absolute Gasteiger partial charge is 0.573 e. The van der Waals surface area contributed by atoms with E-state index in [0.29, 0.717) is 13.1 Å². The zero-order valence-corrected chi connectivity index (χ0v) is 15.3. The van der Waals surface area contributed by atoms with E-state index in [4.69, 9.17) is 5.11 Å². The first-order valence-corrected chi connectivity index (χ1v) is 8.52. The number of carbonyl (C=O) groups excluding carboxylic acids is 1. The summed E-state index contributed by atoms with van der Waals surface area (Å²) in [5.41, 5.74) is -2.79. The number of rotatable bonds is 3. The number of alkyl halides is 4. The molecule has 2 aliphatic rings. The number of anilines is 1. The second kappa shape index (κ2) is 6.51. The Kier molecular flexibility index (Phi) is 4.80. The normalized spacial score (nSPS) is 26.7. The van der Waals surface area contributed by atoms with E-state index in [9.17, 15) is 22.8 Å². The number of hydrogen-bond acceptors (Lipinski definition) is 4. The number of piperidine rings is 1. The molecule has 11 heteroatoms. The Morgan fingerprint density at radius 1 is 1.35 bits per heavy atom. The number of carbonyl (C=O) groups is 2. The van der Waals surface area contributed by atoms with Crippen molar-refractivity contribution >= 4 is 40.4 Å². The molecular weight excluding hydrogens is 475 g/mol. The molecule has 0 unspecified atom stereocenters. The lowest BCUT2D eigenvalue weighted by Gasteiger charge is -2.33. The van der Waals surface area contributed by atoms with Gasteiger partial charge in [-0.3, -0.25) is 4.79 Å². The highest BCUT2D eigenvalue weighted by Crippen LogP contribution is 2.43. The van der Waals surface area contributed by atoms with Crippen LogP contribution in [0.2, 0.25) is 0 Å². The minimum absolute atomic E-state index is 0.0109. The van der Waals surface area contributed by atoms with E-state index in [2.05, 4.69) is 4.74 Å². The van der Waals surface area contributed by atoms with Crippen LogP contribution in [0.3, 0.4) is 0 Å². The Morgan fingerprint density at radius 2 is 2.04 bits per heavy atom. The van der Waals surface area contributed by atoms with E-state index in [1.54, 1.807) is 0 Å². The summed E-state index contributed by atoms with van der Waals surface area (Å²) >= 11 is 2.04. The van der Waals surface area contributed by atoms with Gasteiger partial charge in [-0.25, -0.2) is 12.3 Å². The molecule has 2 aliphatic heterocycles. The van der Waals surface area contributed by atoms with E-state index in [1.165, 1.54) is 0 Å². The predicted molar refractivity (Wildman–Crippen MR) is 90.0 cm³/mol. The molecule has 0 radical (unpaired) electrons. The molecule has 2 atom stereocenters. The van der Waals surface area contributed by atoms with E-state index in [1.807, 2.05) is 26.0 Å². The number of carboxylic acid groups (broad SMARTS) is 1. The van der Waals surface area contributed by atoms with Gasteiger partial charge in [-0.2, -0.15) is 0 Å². The molecule has 1 aromatic carbocycles. The van der Waals surface area contributed by atoms with Crippen LogP contribution in [0.15, 0.2) is 18.2 Å². The van der Waals surface area contributed by atoms with Gasteiger partial charge in [0.15, 0.2) is 5.67 Å². The van der Waals surface area contributed by atoms with Crippen LogP contribution in [-0.4, -0.2) is 51.8 Å². The van der Waals surface area contributed by atoms with Crippen molar-refractivity contribution in [2.24, 2.45) is 5.92 Å². The molecule has 0 saturated carbocycles. The van der Waals surface area contributed by atoms with Gasteiger partial charge in [0.05, 0.1) is 0 Å². The minimum Gasteiger partial charge on any atom is -0.478 e. The number of nitrogens with zero attached hydrogens (tertiary/aromatic N) is 2. The maximum atomic E-state index is 15.1. The van der Waals surface area contributed by atoms with Crippen LogP contribution in [0, 0.1) is 5.92 Å². The van der Waals surface area contributed by atoms with Gasteiger partial charge in [0, 0.05) is 60.5 Å². The summed E-state index contributed by atoms with van der Waals surface area (Å²) in [6.45, 7) is 0.763. The lowest BCUT2D eigenvalue weighted by atomic mass is 9.86. The van der Waals surface area contributed by atoms with Gasteiger partial charge in [-0.1, -0.05) is 0 Å². The zero-order chi connectivity index (χ0) is 19.3. The summed E-state index contributed by atoms with van der Waals surface area (Å²) in [6.07, 6.45) is -5.05. The molecule has 142 valence electrons. The summed E-state index contributed by atoms with van der Waals surface area (Å²) in [6, 6.07) is 2.83. The second-order valence-corrected chi connectivity index (χ2v) is 7.49. The fraction of sp³-hybridized carbons (Fsp3) is 0.467. The monoisotopic (exact) mass is 488 g/mol. The van der Waals surface area contributed by atoms with Crippen LogP contribution in [0.25, 0.3) is 0 Å². The number of halogens is 5. The molecule has 0 bridgehead atoms. The lowest BCUT2D eigenvalue weighted by molar-refractivity contribution is -0.274. The van der Waals surface area contributed by atoms with Crippen LogP contribution in [0.4, 0.5) is 23.2 Å². The third-order valence-corrected chi connectivity index (χ3v) is 5.39. The highest BCUT2D eigenvalue weighted by molar-refractivity contribution is 14.1. The van der Waals surface area contributed by atoms with Crippen molar-refractivity contribution in [2.75, 3.05) is 24.5 Å². The maximum Gasteiger partial charge on any atom is 0.573 e. The summed E-state index contributed by atoms with van der Waals surface area (Å²) < 4.78 is 57.9. The third-order valence-electron chi connectivity index (χ3n) is 4.52. The standard InChI is InChI=1S/C15H13F4IN2O4/c16-14-3-4-21(20)6-8(14)7-22(13(14)25)9-1-2-11(26-15(17,18)19)10(5-9)12(23)24/h1-2,5,8H,3-4,6-7H2,(H,23,24)/t8-,14+/m0/s1. The van der Waals surface area contributed by atoms with Gasteiger partial charge in [-0.15, -0.1) is 13.2 Å². The molecule has 3 rings (SSSR count). The first-order chi connectivity index (χ1) is 12.0. The molecule has 0 spiro atoms. The van der Waals surface area contributed by atoms with Gasteiger partial charge in [-0.05, 0) is 18.2 Å². The first kappa shape index (κ1) is 19.1. The lowest BCUT2D eigenvalue weighted by Crippen LogP contribution is -2.48. The fourth-order valence-corrected chi connectivity index (χ4v) is 3.98. The van der Waals surface area contributed by atoms with Gasteiger partial charge in [0.2, 0.25) is 0 Å². The Hall–Kier alpha value is -1.63. The van der Waals surface area contributed by atoms with Gasteiger partial charge in [0.1, 0.15) is 11.3 Å². The van der Waals surface area contributed by atoms with Crippen molar-refractivity contribution in [3.8, 4) is 5.75 Å². The van der Waals surface area contributed by atoms with Crippen LogP contribution in [-0.2, 0) is 4.79 Å². The van der Waals surface area contributed by atoms with E-state index >= 15 is 4.39 Å². The summed E-state index contributed by atoms with van der Waals surface area (Å²) in [5, 5.41) is 9.15. The first-order valence-electron chi connectivity index (χ1n) is 7.56. The zero-order valence-electron chi connectivity index (χ0n) is 13.1. The summed E-state index contributed by atoms with van der Waals surface area (Å²) in [5.74, 6) is -3.94. The number of ether oxygens (including phenoxy) is 1. The van der Waals surface area contributed by atoms with Crippen LogP contribution in [0.5, 0.6) is 5.75 Å². The van der Waals surface area contributed by atoms with Crippen molar-refractivity contribution < 1.29 is 37.0 Å². The van der Waals surface area contributed by atoms with Crippen molar-refractivity contribution in [1.29, 1.82) is 0 Å². The van der Waals surface area contributed by atoms with Crippen LogP contribution in [0.1, 0.15) is 16.8 Å². The summed E-state index contributed by atoms with van der Waals surface area (Å²) in [4.78, 5) is 24.9. The fourth-order valence-electron chi connectivity index (χ4n) is 3.26. The number of benzene rings is 1. The number of fused-ring (bicyclic) bond motifs is 1. The van der Waals surface area contributed by atoms with Gasteiger partial charge >= 0.3 is 12.3 Å². The van der Waals surface area contributed by atoms with Crippen molar-refractivity contribution in [3.05, 3.63) is 23.8 Å². The molecule has 0 aliphatic carbocycles. The Balaban J connectivity index is 1.94. The van der Waals surface area contributed by atoms with Gasteiger partial charge in [0.25, 0.3) is 5.91 Å². The van der Waals surface area contributed by atoms with E-state index in [-0.39, 0.29) is 18.7 Å². The molecular formula is C15H13F4IN2O4. The molecule has 1 N–H and O–H groups in total. The predicted octanol–water partition coefficient (Wildman–Crippen LogP) is 3.01. The van der Waals surface area contributed by atoms with E-state index in [0.717, 1.165) is 23.1 Å². The highest BCUT2D eigenvalue weighted by Gasteiger charge is 2.57. The number of amides is 1. The van der Waals surface area contributed by atoms with Crippen molar-refractivity contribution in [2.45, 2.75) is 18.5 Å². The quantitative estimate of drug-likeness (QED) is 0.403. The molecule has 26 heavy (non-hydrogen) atoms. The van der Waals surface area contributed by atoms with Crippen molar-refractivity contribution in [3.63, 3.8) is 0 Å². The smallest absolute Gasteiger partial charge is 0.478 e. The Morgan fingerprint density at radius 3 is 2.65 bits per heavy atom. The molecule has 0 aromatic heterocycles. The minimum atomic E-state index is -5.06. The molecule has 1 amide bonds. The SMILES string of the molecule is O=C(O)c1cc(N2C[C@@H]3CN(I)CC[C@]3(F)C2=O)ccc1OC(F)(F)F. The number of carboxylic acids is 1. The molecule has 2 saturated heterocycles. The van der Waals surface area contributed by atoms with Crippen molar-refractivity contribution in [1.82, 2.24) is 3.11 Å². The summed E-state index contributed by atoms with van der Waals surface area (Å²) in [7, 11) is 0. The third kappa shape index (κ3) is 3.46. The average Bonchev–Trinajstić information content (AvgIpc) is 2.78. The molecule has 2 heterocycles. The molecule has 2 fully saturated rings. The van der Waals surface area contributed by atoms with Crippen LogP contribution >= 0.6 is 22.9 Å². The van der Waals surface area contributed by atoms with E-state index < -0.39 is 41.1 Å². The number of hydrogen-bond donors (Lipinski definition) is 1. The second-order valence-electron chi connectivity index (χ2n) is 6.13.